The Hall–Kier alpha value is -1.84. The second kappa shape index (κ2) is 5.36. The van der Waals surface area contributed by atoms with Crippen LogP contribution in [0.5, 0.6) is 0 Å². The largest absolute Gasteiger partial charge is 0.369 e. The summed E-state index contributed by atoms with van der Waals surface area (Å²) in [5, 5.41) is 2.88. The Morgan fingerprint density at radius 3 is 2.65 bits per heavy atom. The van der Waals surface area contributed by atoms with Gasteiger partial charge in [0.25, 0.3) is 0 Å². The summed E-state index contributed by atoms with van der Waals surface area (Å²) in [4.78, 5) is 23.5. The summed E-state index contributed by atoms with van der Waals surface area (Å²) < 4.78 is 0. The molecule has 0 aliphatic heterocycles. The molecule has 3 rings (SSSR count). The monoisotopic (exact) mass is 314 g/mol. The molecular formula is C19H26N2O2. The summed E-state index contributed by atoms with van der Waals surface area (Å²) in [6.45, 7) is 5.84. The molecular weight excluding hydrogens is 288 g/mol. The van der Waals surface area contributed by atoms with Gasteiger partial charge < -0.3 is 11.1 Å². The van der Waals surface area contributed by atoms with Gasteiger partial charge in [-0.2, -0.15) is 0 Å². The predicted octanol–water partition coefficient (Wildman–Crippen LogP) is 3.14. The molecule has 4 heteroatoms. The lowest BCUT2D eigenvalue weighted by Crippen LogP contribution is -2.54. The molecule has 0 spiro atoms. The summed E-state index contributed by atoms with van der Waals surface area (Å²) in [5.41, 5.74) is 8.76. The molecule has 3 atom stereocenters. The lowest BCUT2D eigenvalue weighted by atomic mass is 9.49. The van der Waals surface area contributed by atoms with Crippen molar-refractivity contribution < 1.29 is 9.59 Å². The van der Waals surface area contributed by atoms with Crippen LogP contribution in [0, 0.1) is 11.3 Å². The number of fused-ring (bicyclic) bond motifs is 3. The number of carbonyl (C=O) groups excluding carboxylic acids is 2. The first-order valence-electron chi connectivity index (χ1n) is 8.48. The highest BCUT2D eigenvalue weighted by Gasteiger charge is 2.54. The van der Waals surface area contributed by atoms with Crippen molar-refractivity contribution >= 4 is 17.5 Å². The van der Waals surface area contributed by atoms with E-state index in [0.717, 1.165) is 37.8 Å². The second-order valence-electron chi connectivity index (χ2n) is 7.70. The van der Waals surface area contributed by atoms with Crippen molar-refractivity contribution in [2.24, 2.45) is 17.1 Å². The van der Waals surface area contributed by atoms with Crippen LogP contribution in [0.3, 0.4) is 0 Å². The Morgan fingerprint density at radius 1 is 1.26 bits per heavy atom. The van der Waals surface area contributed by atoms with Crippen molar-refractivity contribution in [3.63, 3.8) is 0 Å². The minimum atomic E-state index is -0.436. The van der Waals surface area contributed by atoms with E-state index < -0.39 is 5.41 Å². The maximum atomic E-state index is 12.2. The molecule has 1 aromatic carbocycles. The summed E-state index contributed by atoms with van der Waals surface area (Å²) >= 11 is 0. The molecule has 0 bridgehead atoms. The summed E-state index contributed by atoms with van der Waals surface area (Å²) in [6.07, 6.45) is 4.93. The molecule has 124 valence electrons. The van der Waals surface area contributed by atoms with Gasteiger partial charge in [-0.3, -0.25) is 9.59 Å². The van der Waals surface area contributed by atoms with E-state index in [9.17, 15) is 9.59 Å². The van der Waals surface area contributed by atoms with Crippen molar-refractivity contribution in [1.82, 2.24) is 0 Å². The third-order valence-electron chi connectivity index (χ3n) is 6.24. The first-order valence-corrected chi connectivity index (χ1v) is 8.48. The molecule has 1 fully saturated rings. The van der Waals surface area contributed by atoms with Crippen molar-refractivity contribution in [2.45, 2.75) is 58.3 Å². The molecule has 0 saturated heterocycles. The van der Waals surface area contributed by atoms with Crippen molar-refractivity contribution in [3.8, 4) is 0 Å². The molecule has 2 amide bonds. The first kappa shape index (κ1) is 16.0. The van der Waals surface area contributed by atoms with E-state index in [-0.39, 0.29) is 23.1 Å². The zero-order valence-electron chi connectivity index (χ0n) is 14.2. The van der Waals surface area contributed by atoms with Gasteiger partial charge >= 0.3 is 0 Å². The molecule has 2 aliphatic rings. The fourth-order valence-electron chi connectivity index (χ4n) is 5.04. The van der Waals surface area contributed by atoms with Crippen LogP contribution in [0.15, 0.2) is 18.2 Å². The fraction of sp³-hybridized carbons (Fsp3) is 0.579. The van der Waals surface area contributed by atoms with E-state index >= 15 is 0 Å². The second-order valence-corrected chi connectivity index (χ2v) is 7.70. The Morgan fingerprint density at radius 2 is 2.00 bits per heavy atom. The Balaban J connectivity index is 2.07. The van der Waals surface area contributed by atoms with Gasteiger partial charge in [0, 0.05) is 18.0 Å². The van der Waals surface area contributed by atoms with Crippen LogP contribution in [0.2, 0.25) is 0 Å². The van der Waals surface area contributed by atoms with E-state index in [1.54, 1.807) is 0 Å². The van der Waals surface area contributed by atoms with Gasteiger partial charge in [0.05, 0.1) is 0 Å². The molecule has 1 saturated carbocycles. The van der Waals surface area contributed by atoms with E-state index in [0.29, 0.717) is 0 Å². The van der Waals surface area contributed by atoms with E-state index in [4.69, 9.17) is 5.73 Å². The molecule has 4 nitrogen and oxygen atoms in total. The van der Waals surface area contributed by atoms with Crippen LogP contribution < -0.4 is 11.1 Å². The van der Waals surface area contributed by atoms with Crippen molar-refractivity contribution in [3.05, 3.63) is 29.3 Å². The minimum absolute atomic E-state index is 0.0515. The topological polar surface area (TPSA) is 72.2 Å². The van der Waals surface area contributed by atoms with Crippen LogP contribution in [0.1, 0.15) is 57.6 Å². The Bertz CT molecular complexity index is 669. The summed E-state index contributed by atoms with van der Waals surface area (Å²) in [5.74, 6) is 0.0318. The van der Waals surface area contributed by atoms with Crippen LogP contribution in [-0.4, -0.2) is 11.8 Å². The third-order valence-corrected chi connectivity index (χ3v) is 6.24. The lowest BCUT2D eigenvalue weighted by Gasteiger charge is -2.54. The number of hydrogen-bond donors (Lipinski definition) is 2. The molecule has 23 heavy (non-hydrogen) atoms. The maximum Gasteiger partial charge on any atom is 0.223 e. The smallest absolute Gasteiger partial charge is 0.223 e. The molecule has 3 unspecified atom stereocenters. The van der Waals surface area contributed by atoms with Crippen molar-refractivity contribution in [2.75, 3.05) is 5.32 Å². The van der Waals surface area contributed by atoms with E-state index in [1.807, 2.05) is 13.0 Å². The lowest BCUT2D eigenvalue weighted by molar-refractivity contribution is -0.135. The van der Waals surface area contributed by atoms with E-state index in [2.05, 4.69) is 24.4 Å². The van der Waals surface area contributed by atoms with Gasteiger partial charge in [0.2, 0.25) is 11.8 Å². The SMILES string of the molecule is CC(=O)Nc1ccc2c(c1)C1(C)CCCC(C)(C(N)=O)C1CC2. The van der Waals surface area contributed by atoms with Crippen LogP contribution in [-0.2, 0) is 21.4 Å². The average molecular weight is 314 g/mol. The van der Waals surface area contributed by atoms with Gasteiger partial charge in [-0.15, -0.1) is 0 Å². The van der Waals surface area contributed by atoms with Crippen LogP contribution in [0.25, 0.3) is 0 Å². The van der Waals surface area contributed by atoms with Gasteiger partial charge in [-0.05, 0) is 60.3 Å². The number of nitrogens with one attached hydrogen (secondary N) is 1. The summed E-state index contributed by atoms with van der Waals surface area (Å²) in [7, 11) is 0. The number of nitrogens with two attached hydrogens (primary N) is 1. The number of carbonyl (C=O) groups is 2. The van der Waals surface area contributed by atoms with Gasteiger partial charge in [-0.1, -0.05) is 26.3 Å². The summed E-state index contributed by atoms with van der Waals surface area (Å²) in [6, 6.07) is 6.20. The van der Waals surface area contributed by atoms with Crippen LogP contribution >= 0.6 is 0 Å². The molecule has 1 aromatic rings. The van der Waals surface area contributed by atoms with Gasteiger partial charge in [0.1, 0.15) is 0 Å². The molecule has 3 N–H and O–H groups in total. The third kappa shape index (κ3) is 2.44. The molecule has 0 radical (unpaired) electrons. The van der Waals surface area contributed by atoms with Crippen LogP contribution in [0.4, 0.5) is 5.69 Å². The number of amides is 2. The molecule has 0 heterocycles. The minimum Gasteiger partial charge on any atom is -0.369 e. The number of anilines is 1. The highest BCUT2D eigenvalue weighted by atomic mass is 16.1. The average Bonchev–Trinajstić information content (AvgIpc) is 2.47. The number of primary amides is 1. The highest BCUT2D eigenvalue weighted by molar-refractivity contribution is 5.89. The van der Waals surface area contributed by atoms with Gasteiger partial charge in [-0.25, -0.2) is 0 Å². The highest BCUT2D eigenvalue weighted by Crippen LogP contribution is 2.57. The quantitative estimate of drug-likeness (QED) is 0.880. The molecule has 2 aliphatic carbocycles. The Kier molecular flexibility index (Phi) is 3.74. The fourth-order valence-corrected chi connectivity index (χ4v) is 5.04. The number of benzene rings is 1. The normalized spacial score (nSPS) is 32.6. The maximum absolute atomic E-state index is 12.2. The standard InChI is InChI=1S/C19H26N2O2/c1-12(22)21-14-7-5-13-6-8-16-18(2,15(13)11-14)9-4-10-19(16,3)17(20)23/h5,7,11,16H,4,6,8-10H2,1-3H3,(H2,20,23)(H,21,22). The zero-order valence-corrected chi connectivity index (χ0v) is 14.2. The van der Waals surface area contributed by atoms with E-state index in [1.165, 1.54) is 18.1 Å². The van der Waals surface area contributed by atoms with Gasteiger partial charge in [0.15, 0.2) is 0 Å². The van der Waals surface area contributed by atoms with Crippen molar-refractivity contribution in [1.29, 1.82) is 0 Å². The first-order chi connectivity index (χ1) is 10.8. The predicted molar refractivity (Wildman–Crippen MR) is 91.1 cm³/mol. The zero-order chi connectivity index (χ0) is 16.8. The molecule has 0 aromatic heterocycles. The number of aryl methyl sites for hydroxylation is 1. The Labute approximate surface area is 137 Å². The number of rotatable bonds is 2. The number of hydrogen-bond acceptors (Lipinski definition) is 2.